The molecule has 0 fully saturated rings. The molecule has 0 radical (unpaired) electrons. The number of anilines is 1. The Labute approximate surface area is 189 Å². The Bertz CT molecular complexity index is 1320. The van der Waals surface area contributed by atoms with E-state index in [-0.39, 0.29) is 5.91 Å². The molecule has 0 atom stereocenters. The Kier molecular flexibility index (Phi) is 5.03. The molecule has 32 heavy (non-hydrogen) atoms. The summed E-state index contributed by atoms with van der Waals surface area (Å²) in [5.41, 5.74) is 4.79. The number of aromatic nitrogens is 3. The molecule has 1 amide bonds. The van der Waals surface area contributed by atoms with E-state index in [1.54, 1.807) is 49.4 Å². The second kappa shape index (κ2) is 8.01. The lowest BCUT2D eigenvalue weighted by molar-refractivity contribution is 0.102. The van der Waals surface area contributed by atoms with Crippen molar-refractivity contribution in [2.24, 2.45) is 0 Å². The lowest BCUT2D eigenvalue weighted by Crippen LogP contribution is -2.15. The Morgan fingerprint density at radius 3 is 2.50 bits per heavy atom. The molecule has 0 saturated carbocycles. The Balaban J connectivity index is 1.66. The highest BCUT2D eigenvalue weighted by atomic mass is 35.5. The van der Waals surface area contributed by atoms with Crippen LogP contribution < -0.4 is 14.8 Å². The molecule has 1 aliphatic rings. The second-order valence-electron chi connectivity index (χ2n) is 7.27. The van der Waals surface area contributed by atoms with Gasteiger partial charge in [0.25, 0.3) is 5.91 Å². The minimum atomic E-state index is -0.320. The van der Waals surface area contributed by atoms with Crippen molar-refractivity contribution in [2.75, 3.05) is 19.5 Å². The summed E-state index contributed by atoms with van der Waals surface area (Å²) in [6.45, 7) is 0. The second-order valence-corrected chi connectivity index (χ2v) is 7.71. The number of nitrogens with zero attached hydrogens (tertiary/aromatic N) is 3. The topological polar surface area (TPSA) is 78.3 Å². The fourth-order valence-corrected chi connectivity index (χ4v) is 4.06. The molecule has 0 unspecified atom stereocenters. The van der Waals surface area contributed by atoms with Gasteiger partial charge >= 0.3 is 0 Å². The van der Waals surface area contributed by atoms with Crippen molar-refractivity contribution in [2.45, 2.75) is 6.42 Å². The molecule has 4 aromatic rings. The zero-order chi connectivity index (χ0) is 22.2. The normalized spacial score (nSPS) is 11.6. The number of hydrogen-bond donors (Lipinski definition) is 1. The fourth-order valence-electron chi connectivity index (χ4n) is 3.94. The molecule has 0 spiro atoms. The van der Waals surface area contributed by atoms with Crippen LogP contribution in [0.1, 0.15) is 21.6 Å². The van der Waals surface area contributed by atoms with Crippen molar-refractivity contribution in [1.82, 2.24) is 14.8 Å². The van der Waals surface area contributed by atoms with Crippen LogP contribution in [-0.4, -0.2) is 34.9 Å². The van der Waals surface area contributed by atoms with Gasteiger partial charge in [-0.25, -0.2) is 9.67 Å². The van der Waals surface area contributed by atoms with Gasteiger partial charge in [-0.2, -0.15) is 5.10 Å². The molecular formula is C24H19ClN4O3. The lowest BCUT2D eigenvalue weighted by atomic mass is 10.1. The first-order chi connectivity index (χ1) is 15.6. The number of fused-ring (bicyclic) bond motifs is 3. The zero-order valence-corrected chi connectivity index (χ0v) is 18.2. The Hall–Kier alpha value is -3.84. The average Bonchev–Trinajstić information content (AvgIpc) is 3.36. The minimum absolute atomic E-state index is 0.320. The summed E-state index contributed by atoms with van der Waals surface area (Å²) < 4.78 is 12.8. The Morgan fingerprint density at radius 1 is 1.06 bits per heavy atom. The number of carbonyl (C=O) groups is 1. The third-order valence-electron chi connectivity index (χ3n) is 5.41. The monoisotopic (exact) mass is 446 g/mol. The fraction of sp³-hybridized carbons (Fsp3) is 0.125. The highest BCUT2D eigenvalue weighted by molar-refractivity contribution is 6.30. The first-order valence-electron chi connectivity index (χ1n) is 9.94. The highest BCUT2D eigenvalue weighted by Gasteiger charge is 2.32. The molecule has 0 aliphatic heterocycles. The maximum absolute atomic E-state index is 13.2. The van der Waals surface area contributed by atoms with Crippen molar-refractivity contribution in [3.05, 3.63) is 82.6 Å². The first-order valence-corrected chi connectivity index (χ1v) is 10.3. The van der Waals surface area contributed by atoms with Gasteiger partial charge < -0.3 is 14.8 Å². The number of pyridine rings is 1. The number of amides is 1. The summed E-state index contributed by atoms with van der Waals surface area (Å²) in [5.74, 6) is 1.40. The predicted molar refractivity (Wildman–Crippen MR) is 122 cm³/mol. The van der Waals surface area contributed by atoms with Crippen LogP contribution in [0.3, 0.4) is 0 Å². The predicted octanol–water partition coefficient (Wildman–Crippen LogP) is 4.76. The summed E-state index contributed by atoms with van der Waals surface area (Å²) in [6, 6.07) is 16.5. The van der Waals surface area contributed by atoms with E-state index in [0.717, 1.165) is 28.1 Å². The van der Waals surface area contributed by atoms with Crippen molar-refractivity contribution >= 4 is 23.3 Å². The van der Waals surface area contributed by atoms with Crippen LogP contribution in [0.5, 0.6) is 11.5 Å². The minimum Gasteiger partial charge on any atom is -0.493 e. The highest BCUT2D eigenvalue weighted by Crippen LogP contribution is 2.44. The molecule has 1 N–H and O–H groups in total. The summed E-state index contributed by atoms with van der Waals surface area (Å²) >= 11 is 6.09. The lowest BCUT2D eigenvalue weighted by Gasteiger charge is -2.12. The third-order valence-corrected chi connectivity index (χ3v) is 5.66. The molecule has 5 rings (SSSR count). The first kappa shape index (κ1) is 20.1. The SMILES string of the molecule is COc1cc2c(cc1OC)-c1c(c(C(=O)Nc3ccccn3)nn1-c1ccc(Cl)cc1)C2. The molecule has 0 bridgehead atoms. The number of halogens is 1. The average molecular weight is 447 g/mol. The van der Waals surface area contributed by atoms with Gasteiger partial charge in [0.15, 0.2) is 17.2 Å². The summed E-state index contributed by atoms with van der Waals surface area (Å²) in [5, 5.41) is 8.15. The van der Waals surface area contributed by atoms with Gasteiger partial charge in [0.1, 0.15) is 5.82 Å². The molecule has 2 aromatic carbocycles. The number of methoxy groups -OCH3 is 2. The molecule has 0 saturated heterocycles. The van der Waals surface area contributed by atoms with Gasteiger partial charge in [-0.05, 0) is 54.1 Å². The van der Waals surface area contributed by atoms with Crippen LogP contribution in [0.25, 0.3) is 16.9 Å². The zero-order valence-electron chi connectivity index (χ0n) is 17.4. The van der Waals surface area contributed by atoms with Crippen LogP contribution in [-0.2, 0) is 6.42 Å². The molecule has 2 heterocycles. The van der Waals surface area contributed by atoms with Gasteiger partial charge in [-0.3, -0.25) is 4.79 Å². The van der Waals surface area contributed by atoms with Gasteiger partial charge in [0, 0.05) is 28.8 Å². The van der Waals surface area contributed by atoms with E-state index < -0.39 is 0 Å². The number of nitrogens with one attached hydrogen (secondary N) is 1. The van der Waals surface area contributed by atoms with E-state index in [4.69, 9.17) is 21.1 Å². The van der Waals surface area contributed by atoms with Crippen molar-refractivity contribution in [3.63, 3.8) is 0 Å². The van der Waals surface area contributed by atoms with Gasteiger partial charge in [0.2, 0.25) is 0 Å². The molecule has 2 aromatic heterocycles. The van der Waals surface area contributed by atoms with E-state index >= 15 is 0 Å². The number of ether oxygens (including phenoxy) is 2. The molecule has 1 aliphatic carbocycles. The largest absolute Gasteiger partial charge is 0.493 e. The van der Waals surface area contributed by atoms with E-state index in [1.165, 1.54) is 0 Å². The molecular weight excluding hydrogens is 428 g/mol. The van der Waals surface area contributed by atoms with Crippen LogP contribution in [0.15, 0.2) is 60.8 Å². The maximum Gasteiger partial charge on any atom is 0.277 e. The summed E-state index contributed by atoms with van der Waals surface area (Å²) in [6.07, 6.45) is 2.17. The quantitative estimate of drug-likeness (QED) is 0.421. The maximum atomic E-state index is 13.2. The number of rotatable bonds is 5. The Morgan fingerprint density at radius 2 is 1.81 bits per heavy atom. The third kappa shape index (κ3) is 3.36. The van der Waals surface area contributed by atoms with E-state index in [9.17, 15) is 4.79 Å². The van der Waals surface area contributed by atoms with E-state index in [1.807, 2.05) is 30.3 Å². The van der Waals surface area contributed by atoms with Gasteiger partial charge in [-0.1, -0.05) is 17.7 Å². The van der Waals surface area contributed by atoms with Gasteiger partial charge in [-0.15, -0.1) is 0 Å². The van der Waals surface area contributed by atoms with Crippen molar-refractivity contribution in [3.8, 4) is 28.4 Å². The number of benzene rings is 2. The number of hydrogen-bond acceptors (Lipinski definition) is 5. The molecule has 7 nitrogen and oxygen atoms in total. The van der Waals surface area contributed by atoms with Crippen LogP contribution in [0, 0.1) is 0 Å². The summed E-state index contributed by atoms with van der Waals surface area (Å²) in [4.78, 5) is 17.4. The van der Waals surface area contributed by atoms with E-state index in [0.29, 0.717) is 34.5 Å². The van der Waals surface area contributed by atoms with Gasteiger partial charge in [0.05, 0.1) is 25.6 Å². The van der Waals surface area contributed by atoms with Crippen molar-refractivity contribution < 1.29 is 14.3 Å². The van der Waals surface area contributed by atoms with E-state index in [2.05, 4.69) is 15.4 Å². The smallest absolute Gasteiger partial charge is 0.277 e. The molecule has 8 heteroatoms. The summed E-state index contributed by atoms with van der Waals surface area (Å²) in [7, 11) is 3.20. The van der Waals surface area contributed by atoms with Crippen LogP contribution in [0.4, 0.5) is 5.82 Å². The van der Waals surface area contributed by atoms with Crippen LogP contribution in [0.2, 0.25) is 5.02 Å². The standard InChI is InChI=1S/C24H19ClN4O3/c1-31-19-12-14-11-18-22(24(30)27-21-5-3-4-10-26-21)28-29(16-8-6-15(25)7-9-16)23(18)17(14)13-20(19)32-2/h3-10,12-13H,11H2,1-2H3,(H,26,27,30). The van der Waals surface area contributed by atoms with Crippen molar-refractivity contribution in [1.29, 1.82) is 0 Å². The number of carbonyl (C=O) groups excluding carboxylic acids is 1. The molecule has 160 valence electrons. The van der Waals surface area contributed by atoms with Crippen LogP contribution >= 0.6 is 11.6 Å².